The van der Waals surface area contributed by atoms with E-state index in [0.717, 1.165) is 47.8 Å². The molecule has 2 aromatic rings. The van der Waals surface area contributed by atoms with Gasteiger partial charge in [-0.1, -0.05) is 19.9 Å². The van der Waals surface area contributed by atoms with Crippen LogP contribution in [0.5, 0.6) is 0 Å². The summed E-state index contributed by atoms with van der Waals surface area (Å²) < 4.78 is 0.792. The number of aromatic nitrogens is 2. The van der Waals surface area contributed by atoms with Crippen molar-refractivity contribution in [3.63, 3.8) is 0 Å². The highest BCUT2D eigenvalue weighted by Gasteiger charge is 2.35. The summed E-state index contributed by atoms with van der Waals surface area (Å²) in [5, 5.41) is 31.9. The highest BCUT2D eigenvalue weighted by atomic mass is 79.9. The SMILES string of the molecule is CC1(C)C[C@H](Cc2nc(NCCc3ccc(C#N)c(Br)c3)ncc2C#N)CC[C@@H]1O. The lowest BCUT2D eigenvalue weighted by Gasteiger charge is -2.39. The van der Waals surface area contributed by atoms with Crippen LogP contribution in [0, 0.1) is 34.0 Å². The molecule has 30 heavy (non-hydrogen) atoms. The first-order valence-electron chi connectivity index (χ1n) is 10.2. The number of benzene rings is 1. The smallest absolute Gasteiger partial charge is 0.222 e. The molecule has 1 saturated carbocycles. The highest BCUT2D eigenvalue weighted by Crippen LogP contribution is 2.40. The number of hydrogen-bond donors (Lipinski definition) is 2. The van der Waals surface area contributed by atoms with Gasteiger partial charge in [0.15, 0.2) is 0 Å². The zero-order chi connectivity index (χ0) is 21.7. The van der Waals surface area contributed by atoms with Crippen molar-refractivity contribution in [1.29, 1.82) is 10.5 Å². The molecule has 156 valence electrons. The molecule has 0 amide bonds. The zero-order valence-electron chi connectivity index (χ0n) is 17.3. The molecule has 1 aromatic heterocycles. The fourth-order valence-corrected chi connectivity index (χ4v) is 4.60. The number of nitrogens with zero attached hydrogens (tertiary/aromatic N) is 4. The Kier molecular flexibility index (Phi) is 7.07. The molecule has 0 bridgehead atoms. The lowest BCUT2D eigenvalue weighted by molar-refractivity contribution is -0.00748. The number of anilines is 1. The molecular formula is C23H26BrN5O. The van der Waals surface area contributed by atoms with Crippen LogP contribution < -0.4 is 5.32 Å². The van der Waals surface area contributed by atoms with E-state index in [1.54, 1.807) is 12.3 Å². The molecule has 1 aliphatic rings. The zero-order valence-corrected chi connectivity index (χ0v) is 18.9. The number of halogens is 1. The monoisotopic (exact) mass is 467 g/mol. The fourth-order valence-electron chi connectivity index (χ4n) is 4.09. The van der Waals surface area contributed by atoms with E-state index in [1.807, 2.05) is 12.1 Å². The maximum atomic E-state index is 10.2. The Balaban J connectivity index is 1.64. The molecule has 0 aliphatic heterocycles. The van der Waals surface area contributed by atoms with Crippen LogP contribution in [0.3, 0.4) is 0 Å². The van der Waals surface area contributed by atoms with Crippen molar-refractivity contribution >= 4 is 21.9 Å². The first-order valence-corrected chi connectivity index (χ1v) is 11.0. The van der Waals surface area contributed by atoms with Crippen LogP contribution in [-0.4, -0.2) is 27.7 Å². The molecule has 1 fully saturated rings. The van der Waals surface area contributed by atoms with Gasteiger partial charge < -0.3 is 10.4 Å². The summed E-state index contributed by atoms with van der Waals surface area (Å²) in [5.41, 5.74) is 2.89. The minimum Gasteiger partial charge on any atom is -0.393 e. The average Bonchev–Trinajstić information content (AvgIpc) is 2.71. The Morgan fingerprint density at radius 2 is 2.00 bits per heavy atom. The summed E-state index contributed by atoms with van der Waals surface area (Å²) in [7, 11) is 0. The van der Waals surface area contributed by atoms with Gasteiger partial charge in [0.25, 0.3) is 0 Å². The maximum absolute atomic E-state index is 10.2. The normalized spacial score (nSPS) is 20.2. The van der Waals surface area contributed by atoms with Crippen molar-refractivity contribution in [1.82, 2.24) is 9.97 Å². The lowest BCUT2D eigenvalue weighted by atomic mass is 9.69. The average molecular weight is 468 g/mol. The van der Waals surface area contributed by atoms with E-state index in [9.17, 15) is 10.4 Å². The van der Waals surface area contributed by atoms with E-state index in [4.69, 9.17) is 5.26 Å². The summed E-state index contributed by atoms with van der Waals surface area (Å²) >= 11 is 3.41. The molecule has 1 aliphatic carbocycles. The Morgan fingerprint density at radius 3 is 2.67 bits per heavy atom. The molecule has 0 spiro atoms. The molecule has 0 radical (unpaired) electrons. The molecule has 0 saturated heterocycles. The first-order chi connectivity index (χ1) is 14.3. The van der Waals surface area contributed by atoms with Crippen molar-refractivity contribution < 1.29 is 5.11 Å². The van der Waals surface area contributed by atoms with Gasteiger partial charge in [-0.05, 0) is 77.1 Å². The van der Waals surface area contributed by atoms with Gasteiger partial charge in [0.1, 0.15) is 12.1 Å². The molecule has 6 nitrogen and oxygen atoms in total. The van der Waals surface area contributed by atoms with Gasteiger partial charge in [0.2, 0.25) is 5.95 Å². The van der Waals surface area contributed by atoms with Crippen molar-refractivity contribution in [3.05, 3.63) is 51.3 Å². The van der Waals surface area contributed by atoms with E-state index in [2.05, 4.69) is 57.2 Å². The van der Waals surface area contributed by atoms with E-state index >= 15 is 0 Å². The third-order valence-corrected chi connectivity index (χ3v) is 6.54. The summed E-state index contributed by atoms with van der Waals surface area (Å²) in [5.74, 6) is 0.918. The molecule has 0 unspecified atom stereocenters. The van der Waals surface area contributed by atoms with Gasteiger partial charge in [-0.3, -0.25) is 0 Å². The van der Waals surface area contributed by atoms with Crippen molar-refractivity contribution in [2.75, 3.05) is 11.9 Å². The summed E-state index contributed by atoms with van der Waals surface area (Å²) in [6, 6.07) is 10.0. The van der Waals surface area contributed by atoms with E-state index in [0.29, 0.717) is 29.5 Å². The van der Waals surface area contributed by atoms with Gasteiger partial charge in [0, 0.05) is 11.0 Å². The van der Waals surface area contributed by atoms with Crippen molar-refractivity contribution in [2.24, 2.45) is 11.3 Å². The van der Waals surface area contributed by atoms with Crippen LogP contribution in [0.4, 0.5) is 5.95 Å². The quantitative estimate of drug-likeness (QED) is 0.653. The Bertz CT molecular complexity index is 992. The standard InChI is InChI=1S/C23H26BrN5O/c1-23(2)11-16(4-6-21(23)30)10-20-18(13-26)14-28-22(29-20)27-8-7-15-3-5-17(12-25)19(24)9-15/h3,5,9,14,16,21,30H,4,6-8,10-11H2,1-2H3,(H,27,28,29)/t16-,21-/m0/s1. The summed E-state index contributed by atoms with van der Waals surface area (Å²) in [4.78, 5) is 8.90. The van der Waals surface area contributed by atoms with E-state index < -0.39 is 0 Å². The molecule has 2 N–H and O–H groups in total. The predicted molar refractivity (Wildman–Crippen MR) is 119 cm³/mol. The number of aliphatic hydroxyl groups excluding tert-OH is 1. The number of nitriles is 2. The topological polar surface area (TPSA) is 106 Å². The van der Waals surface area contributed by atoms with Gasteiger partial charge in [-0.15, -0.1) is 0 Å². The molecule has 7 heteroatoms. The fraction of sp³-hybridized carbons (Fsp3) is 0.478. The molecule has 2 atom stereocenters. The van der Waals surface area contributed by atoms with Gasteiger partial charge >= 0.3 is 0 Å². The summed E-state index contributed by atoms with van der Waals surface area (Å²) in [6.07, 6.45) is 5.45. The molecule has 3 rings (SSSR count). The second-order valence-electron chi connectivity index (χ2n) is 8.62. The van der Waals surface area contributed by atoms with Crippen molar-refractivity contribution in [2.45, 2.75) is 52.1 Å². The maximum Gasteiger partial charge on any atom is 0.222 e. The molecular weight excluding hydrogens is 442 g/mol. The van der Waals surface area contributed by atoms with Crippen LogP contribution >= 0.6 is 15.9 Å². The molecule has 1 heterocycles. The Morgan fingerprint density at radius 1 is 1.23 bits per heavy atom. The minimum atomic E-state index is -0.269. The van der Waals surface area contributed by atoms with Gasteiger partial charge in [0.05, 0.1) is 29.1 Å². The van der Waals surface area contributed by atoms with Crippen LogP contribution in [0.2, 0.25) is 0 Å². The number of aliphatic hydroxyl groups is 1. The number of rotatable bonds is 6. The Labute approximate surface area is 186 Å². The van der Waals surface area contributed by atoms with Crippen molar-refractivity contribution in [3.8, 4) is 12.1 Å². The predicted octanol–water partition coefficient (Wildman–Crippen LogP) is 4.37. The Hall–Kier alpha value is -2.48. The van der Waals surface area contributed by atoms with Gasteiger partial charge in [-0.2, -0.15) is 10.5 Å². The second-order valence-corrected chi connectivity index (χ2v) is 9.48. The van der Waals surface area contributed by atoms with Gasteiger partial charge in [-0.25, -0.2) is 9.97 Å². The minimum absolute atomic E-state index is 0.112. The number of hydrogen-bond acceptors (Lipinski definition) is 6. The lowest BCUT2D eigenvalue weighted by Crippen LogP contribution is -2.37. The summed E-state index contributed by atoms with van der Waals surface area (Å²) in [6.45, 7) is 4.85. The largest absolute Gasteiger partial charge is 0.393 e. The molecule has 1 aromatic carbocycles. The number of nitrogens with one attached hydrogen (secondary N) is 1. The van der Waals surface area contributed by atoms with Crippen LogP contribution in [-0.2, 0) is 12.8 Å². The second kappa shape index (κ2) is 9.55. The van der Waals surface area contributed by atoms with E-state index in [-0.39, 0.29) is 11.5 Å². The first kappa shape index (κ1) is 22.2. The van der Waals surface area contributed by atoms with Crippen LogP contribution in [0.1, 0.15) is 55.5 Å². The van der Waals surface area contributed by atoms with Crippen LogP contribution in [0.15, 0.2) is 28.9 Å². The third kappa shape index (κ3) is 5.36. The van der Waals surface area contributed by atoms with Crippen LogP contribution in [0.25, 0.3) is 0 Å². The third-order valence-electron chi connectivity index (χ3n) is 5.89. The highest BCUT2D eigenvalue weighted by molar-refractivity contribution is 9.10. The van der Waals surface area contributed by atoms with E-state index in [1.165, 1.54) is 0 Å².